The molecule has 1 aromatic heterocycles. The fourth-order valence-corrected chi connectivity index (χ4v) is 2.47. The lowest BCUT2D eigenvalue weighted by Crippen LogP contribution is -2.26. The largest absolute Gasteiger partial charge is 0.427 e. The number of amides is 1. The fourth-order valence-electron chi connectivity index (χ4n) is 2.30. The summed E-state index contributed by atoms with van der Waals surface area (Å²) >= 11 is 4.93. The van der Waals surface area contributed by atoms with Crippen molar-refractivity contribution in [1.29, 1.82) is 0 Å². The summed E-state index contributed by atoms with van der Waals surface area (Å²) in [6.45, 7) is 0.340. The lowest BCUT2D eigenvalue weighted by Gasteiger charge is -2.08. The van der Waals surface area contributed by atoms with Gasteiger partial charge in [-0.1, -0.05) is 60.5 Å². The molecule has 0 aliphatic rings. The van der Waals surface area contributed by atoms with Gasteiger partial charge in [-0.05, 0) is 42.0 Å². The van der Waals surface area contributed by atoms with Crippen LogP contribution < -0.4 is 5.32 Å². The predicted molar refractivity (Wildman–Crippen MR) is 102 cm³/mol. The van der Waals surface area contributed by atoms with Crippen LogP contribution in [0.5, 0.6) is 0 Å². The normalized spacial score (nSPS) is 9.85. The Kier molecular flexibility index (Phi) is 5.47. The molecule has 0 unspecified atom stereocenters. The number of nitrogens with zero attached hydrogens (tertiary/aromatic N) is 1. The first kappa shape index (κ1) is 17.5. The maximum Gasteiger partial charge on any atom is 0.271 e. The highest BCUT2D eigenvalue weighted by atomic mass is 32.1. The molecule has 0 saturated carbocycles. The Balaban J connectivity index is 1.63. The second-order valence-electron chi connectivity index (χ2n) is 5.56. The third-order valence-corrected chi connectivity index (χ3v) is 4.00. The average molecular weight is 360 g/mol. The molecule has 5 heteroatoms. The molecule has 26 heavy (non-hydrogen) atoms. The zero-order chi connectivity index (χ0) is 18.4. The summed E-state index contributed by atoms with van der Waals surface area (Å²) in [5, 5.41) is 12.5. The van der Waals surface area contributed by atoms with Crippen molar-refractivity contribution in [3.05, 3.63) is 99.8 Å². The van der Waals surface area contributed by atoms with E-state index in [0.717, 1.165) is 16.7 Å². The van der Waals surface area contributed by atoms with E-state index >= 15 is 0 Å². The Morgan fingerprint density at radius 2 is 1.58 bits per heavy atom. The number of benzene rings is 2. The topological polar surface area (TPSA) is 54.3 Å². The highest BCUT2D eigenvalue weighted by Crippen LogP contribution is 2.05. The van der Waals surface area contributed by atoms with Crippen LogP contribution in [-0.4, -0.2) is 15.8 Å². The van der Waals surface area contributed by atoms with E-state index in [2.05, 4.69) is 17.2 Å². The van der Waals surface area contributed by atoms with Gasteiger partial charge in [-0.25, -0.2) is 0 Å². The number of rotatable bonds is 3. The summed E-state index contributed by atoms with van der Waals surface area (Å²) < 4.78 is 0.881. The van der Waals surface area contributed by atoms with E-state index in [1.165, 1.54) is 6.07 Å². The monoisotopic (exact) mass is 360 g/mol. The Labute approximate surface area is 156 Å². The first-order valence-electron chi connectivity index (χ1n) is 7.99. The third-order valence-electron chi connectivity index (χ3n) is 3.69. The molecule has 0 saturated heterocycles. The minimum Gasteiger partial charge on any atom is -0.427 e. The van der Waals surface area contributed by atoms with Gasteiger partial charge in [0.05, 0.1) is 0 Å². The van der Waals surface area contributed by atoms with E-state index in [0.29, 0.717) is 11.3 Å². The molecule has 3 aromatic rings. The van der Waals surface area contributed by atoms with Gasteiger partial charge >= 0.3 is 0 Å². The third kappa shape index (κ3) is 4.38. The quantitative estimate of drug-likeness (QED) is 0.425. The molecule has 1 amide bonds. The van der Waals surface area contributed by atoms with Gasteiger partial charge in [-0.2, -0.15) is 4.73 Å². The maximum absolute atomic E-state index is 12.2. The van der Waals surface area contributed by atoms with Gasteiger partial charge in [0, 0.05) is 17.7 Å². The Morgan fingerprint density at radius 1 is 0.923 bits per heavy atom. The zero-order valence-corrected chi connectivity index (χ0v) is 14.7. The van der Waals surface area contributed by atoms with E-state index < -0.39 is 5.91 Å². The maximum atomic E-state index is 12.2. The van der Waals surface area contributed by atoms with Crippen LogP contribution in [-0.2, 0) is 6.54 Å². The van der Waals surface area contributed by atoms with Crippen molar-refractivity contribution in [1.82, 2.24) is 10.0 Å². The Hall–Kier alpha value is -3.36. The van der Waals surface area contributed by atoms with Crippen LogP contribution in [0.2, 0.25) is 0 Å². The van der Waals surface area contributed by atoms with Gasteiger partial charge in [0.15, 0.2) is 0 Å². The van der Waals surface area contributed by atoms with Gasteiger partial charge in [-0.15, -0.1) is 0 Å². The number of carbonyl (C=O) groups excluding carboxylic acids is 1. The molecule has 128 valence electrons. The lowest BCUT2D eigenvalue weighted by molar-refractivity contribution is 0.0893. The summed E-state index contributed by atoms with van der Waals surface area (Å²) in [6, 6.07) is 22.1. The van der Waals surface area contributed by atoms with Crippen molar-refractivity contribution in [2.75, 3.05) is 0 Å². The molecule has 2 aromatic carbocycles. The van der Waals surface area contributed by atoms with Crippen LogP contribution in [0, 0.1) is 16.5 Å². The van der Waals surface area contributed by atoms with Crippen LogP contribution in [0.4, 0.5) is 0 Å². The second kappa shape index (κ2) is 8.15. The molecule has 4 nitrogen and oxygen atoms in total. The van der Waals surface area contributed by atoms with Crippen LogP contribution in [0.3, 0.4) is 0 Å². The van der Waals surface area contributed by atoms with E-state index in [1.54, 1.807) is 12.1 Å². The zero-order valence-electron chi connectivity index (χ0n) is 13.8. The van der Waals surface area contributed by atoms with E-state index in [1.807, 2.05) is 54.6 Å². The lowest BCUT2D eigenvalue weighted by atomic mass is 10.1. The first-order valence-corrected chi connectivity index (χ1v) is 8.40. The second-order valence-corrected chi connectivity index (χ2v) is 5.97. The van der Waals surface area contributed by atoms with Crippen molar-refractivity contribution in [2.45, 2.75) is 6.54 Å². The molecule has 0 spiro atoms. The molecule has 1 heterocycles. The van der Waals surface area contributed by atoms with E-state index in [-0.39, 0.29) is 10.3 Å². The number of carbonyl (C=O) groups is 1. The molecule has 0 fully saturated rings. The molecule has 3 rings (SSSR count). The number of hydrogen-bond donors (Lipinski definition) is 2. The summed E-state index contributed by atoms with van der Waals surface area (Å²) in [6.07, 6.45) is 0. The van der Waals surface area contributed by atoms with Crippen molar-refractivity contribution >= 4 is 18.1 Å². The van der Waals surface area contributed by atoms with Crippen LogP contribution in [0.25, 0.3) is 0 Å². The number of pyridine rings is 1. The molecule has 0 atom stereocenters. The first-order chi connectivity index (χ1) is 12.6. The molecular formula is C21H16N2O2S. The summed E-state index contributed by atoms with van der Waals surface area (Å²) in [7, 11) is 0. The Bertz CT molecular complexity index is 1030. The molecule has 0 aliphatic heterocycles. The smallest absolute Gasteiger partial charge is 0.271 e. The molecule has 2 N–H and O–H groups in total. The minimum absolute atomic E-state index is 0.0999. The predicted octanol–water partition coefficient (Wildman–Crippen LogP) is 3.78. The van der Waals surface area contributed by atoms with Gasteiger partial charge in [0.25, 0.3) is 5.91 Å². The van der Waals surface area contributed by atoms with Gasteiger partial charge < -0.3 is 10.5 Å². The summed E-state index contributed by atoms with van der Waals surface area (Å²) in [5.74, 6) is 5.81. The highest BCUT2D eigenvalue weighted by Gasteiger charge is 2.09. The van der Waals surface area contributed by atoms with Crippen molar-refractivity contribution < 1.29 is 10.0 Å². The summed E-state index contributed by atoms with van der Waals surface area (Å²) in [5.41, 5.74) is 2.89. The van der Waals surface area contributed by atoms with E-state index in [9.17, 15) is 10.0 Å². The van der Waals surface area contributed by atoms with Gasteiger partial charge in [0.2, 0.25) is 0 Å². The fraction of sp³-hybridized carbons (Fsp3) is 0.0476. The van der Waals surface area contributed by atoms with Crippen molar-refractivity contribution in [3.8, 4) is 11.8 Å². The molecular weight excluding hydrogens is 344 g/mol. The molecule has 0 bridgehead atoms. The SMILES string of the molecule is O=C(NCc1ccc(C#Cc2ccccc2)cc1)c1cccc(=S)n1O. The van der Waals surface area contributed by atoms with Crippen molar-refractivity contribution in [3.63, 3.8) is 0 Å². The van der Waals surface area contributed by atoms with E-state index in [4.69, 9.17) is 12.2 Å². The molecule has 0 aliphatic carbocycles. The molecule has 0 radical (unpaired) electrons. The standard InChI is InChI=1S/C21H16N2O2S/c24-21(19-7-4-8-20(26)23(19)25)22-15-18-13-11-17(12-14-18)10-9-16-5-2-1-3-6-16/h1-8,11-14,25H,15H2,(H,22,24). The van der Waals surface area contributed by atoms with Gasteiger partial charge in [-0.3, -0.25) is 4.79 Å². The highest BCUT2D eigenvalue weighted by molar-refractivity contribution is 7.71. The van der Waals surface area contributed by atoms with Crippen LogP contribution in [0.15, 0.2) is 72.8 Å². The van der Waals surface area contributed by atoms with Crippen LogP contribution in [0.1, 0.15) is 27.2 Å². The van der Waals surface area contributed by atoms with Gasteiger partial charge in [0.1, 0.15) is 10.3 Å². The van der Waals surface area contributed by atoms with Crippen LogP contribution >= 0.6 is 12.2 Å². The average Bonchev–Trinajstić information content (AvgIpc) is 2.68. The minimum atomic E-state index is -0.396. The van der Waals surface area contributed by atoms with Crippen molar-refractivity contribution in [2.24, 2.45) is 0 Å². The Morgan fingerprint density at radius 3 is 2.27 bits per heavy atom. The number of nitrogens with one attached hydrogen (secondary N) is 1. The number of hydrogen-bond acceptors (Lipinski definition) is 3. The summed E-state index contributed by atoms with van der Waals surface area (Å²) in [4.78, 5) is 12.2. The number of aromatic nitrogens is 1.